The zero-order valence-corrected chi connectivity index (χ0v) is 21.6. The van der Waals surface area contributed by atoms with E-state index in [1.54, 1.807) is 45.0 Å². The molecule has 1 atom stereocenters. The maximum absolute atomic E-state index is 13.4. The number of hydrogen-bond acceptors (Lipinski definition) is 5. The molecule has 2 aromatic rings. The zero-order chi connectivity index (χ0) is 26.7. The van der Waals surface area contributed by atoms with Crippen LogP contribution in [0.2, 0.25) is 5.02 Å². The minimum atomic E-state index is -4.31. The fourth-order valence-electron chi connectivity index (χ4n) is 3.60. The molecule has 1 aromatic heterocycles. The Labute approximate surface area is 215 Å². The van der Waals surface area contributed by atoms with Gasteiger partial charge in [0.25, 0.3) is 11.5 Å². The number of benzene rings is 1. The van der Waals surface area contributed by atoms with E-state index >= 15 is 0 Å². The fraction of sp³-hybridized carbons (Fsp3) is 0.458. The lowest BCUT2D eigenvalue weighted by Gasteiger charge is -2.22. The van der Waals surface area contributed by atoms with Crippen LogP contribution in [0.1, 0.15) is 61.1 Å². The lowest BCUT2D eigenvalue weighted by molar-refractivity contribution is -0.135. The smallest absolute Gasteiger partial charge is 0.408 e. The highest BCUT2D eigenvalue weighted by molar-refractivity contribution is 7.99. The topological polar surface area (TPSA) is 89.4 Å². The molecule has 0 saturated carbocycles. The van der Waals surface area contributed by atoms with Crippen LogP contribution in [0.5, 0.6) is 0 Å². The molecule has 1 aliphatic heterocycles. The number of ether oxygens (including phenoxy) is 1. The van der Waals surface area contributed by atoms with Crippen LogP contribution in [0.3, 0.4) is 0 Å². The van der Waals surface area contributed by atoms with Crippen LogP contribution in [0, 0.1) is 0 Å². The maximum Gasteiger partial charge on any atom is 0.408 e. The van der Waals surface area contributed by atoms with Crippen molar-refractivity contribution < 1.29 is 27.5 Å². The molecule has 0 radical (unpaired) electrons. The van der Waals surface area contributed by atoms with Gasteiger partial charge in [-0.3, -0.25) is 9.59 Å². The summed E-state index contributed by atoms with van der Waals surface area (Å²) in [5.74, 6) is -0.299. The number of halogens is 4. The Morgan fingerprint density at radius 1 is 1.19 bits per heavy atom. The van der Waals surface area contributed by atoms with Gasteiger partial charge in [-0.05, 0) is 44.9 Å². The summed E-state index contributed by atoms with van der Waals surface area (Å²) in [6.45, 7) is 5.09. The normalized spacial score (nSPS) is 15.4. The van der Waals surface area contributed by atoms with E-state index in [0.29, 0.717) is 15.7 Å². The Kier molecular flexibility index (Phi) is 8.66. The van der Waals surface area contributed by atoms with Crippen molar-refractivity contribution in [2.75, 3.05) is 12.3 Å². The largest absolute Gasteiger partial charge is 0.444 e. The molecule has 3 rings (SSSR count). The first-order valence-electron chi connectivity index (χ1n) is 11.2. The summed E-state index contributed by atoms with van der Waals surface area (Å²) >= 11 is 7.17. The van der Waals surface area contributed by atoms with Crippen LogP contribution in [0.4, 0.5) is 18.0 Å². The van der Waals surface area contributed by atoms with Gasteiger partial charge in [0.15, 0.2) is 0 Å². The number of alkyl carbamates (subject to hydrolysis) is 1. The summed E-state index contributed by atoms with van der Waals surface area (Å²) in [6, 6.07) is 6.12. The Balaban J connectivity index is 1.92. The number of rotatable bonds is 7. The number of carbonyl (C=O) groups is 2. The molecule has 2 amide bonds. The van der Waals surface area contributed by atoms with Crippen LogP contribution in [-0.2, 0) is 11.3 Å². The van der Waals surface area contributed by atoms with Gasteiger partial charge >= 0.3 is 12.3 Å². The molecule has 1 aliphatic rings. The summed E-state index contributed by atoms with van der Waals surface area (Å²) in [4.78, 5) is 39.2. The van der Waals surface area contributed by atoms with Crippen molar-refractivity contribution in [3.63, 3.8) is 0 Å². The van der Waals surface area contributed by atoms with Gasteiger partial charge < -0.3 is 19.9 Å². The van der Waals surface area contributed by atoms with Crippen molar-refractivity contribution in [1.29, 1.82) is 0 Å². The van der Waals surface area contributed by atoms with E-state index in [1.807, 2.05) is 0 Å². The minimum absolute atomic E-state index is 0.126. The molecule has 12 heteroatoms. The molecule has 7 nitrogen and oxygen atoms in total. The number of carbonyl (C=O) groups excluding carboxylic acids is 2. The average Bonchev–Trinajstić information content (AvgIpc) is 3.16. The second-order valence-electron chi connectivity index (χ2n) is 9.33. The van der Waals surface area contributed by atoms with E-state index in [9.17, 15) is 27.6 Å². The third kappa shape index (κ3) is 7.67. The molecule has 0 aliphatic carbocycles. The number of amides is 2. The molecule has 0 bridgehead atoms. The number of fused-ring (bicyclic) bond motifs is 1. The predicted molar refractivity (Wildman–Crippen MR) is 132 cm³/mol. The summed E-state index contributed by atoms with van der Waals surface area (Å²) in [7, 11) is 0. The number of aromatic nitrogens is 1. The third-order valence-corrected chi connectivity index (χ3v) is 6.61. The highest BCUT2D eigenvalue weighted by atomic mass is 35.5. The highest BCUT2D eigenvalue weighted by Gasteiger charge is 2.34. The van der Waals surface area contributed by atoms with E-state index in [1.165, 1.54) is 22.5 Å². The molecule has 0 spiro atoms. The Hall–Kier alpha value is -2.66. The van der Waals surface area contributed by atoms with Crippen molar-refractivity contribution >= 4 is 35.4 Å². The third-order valence-electron chi connectivity index (χ3n) is 5.13. The first-order valence-corrected chi connectivity index (χ1v) is 12.6. The molecule has 1 aromatic carbocycles. The van der Waals surface area contributed by atoms with Gasteiger partial charge in [-0.25, -0.2) is 4.79 Å². The van der Waals surface area contributed by atoms with Crippen LogP contribution < -0.4 is 16.2 Å². The van der Waals surface area contributed by atoms with Crippen LogP contribution in [0.15, 0.2) is 40.2 Å². The van der Waals surface area contributed by atoms with Gasteiger partial charge in [0.1, 0.15) is 5.60 Å². The average molecular weight is 546 g/mol. The molecular formula is C24H27ClF3N3O4S. The molecule has 0 unspecified atom stereocenters. The number of alkyl halides is 3. The van der Waals surface area contributed by atoms with Gasteiger partial charge in [0.05, 0.1) is 23.7 Å². The second-order valence-corrected chi connectivity index (χ2v) is 10.8. The van der Waals surface area contributed by atoms with E-state index in [2.05, 4.69) is 10.6 Å². The molecule has 36 heavy (non-hydrogen) atoms. The van der Waals surface area contributed by atoms with Crippen molar-refractivity contribution in [3.05, 3.63) is 62.5 Å². The van der Waals surface area contributed by atoms with Crippen LogP contribution in [-0.4, -0.2) is 40.6 Å². The van der Waals surface area contributed by atoms with E-state index < -0.39 is 36.2 Å². The van der Waals surface area contributed by atoms with Gasteiger partial charge in [0, 0.05) is 34.8 Å². The highest BCUT2D eigenvalue weighted by Crippen LogP contribution is 2.38. The van der Waals surface area contributed by atoms with E-state index in [-0.39, 0.29) is 36.2 Å². The molecule has 196 valence electrons. The van der Waals surface area contributed by atoms with Crippen LogP contribution >= 0.6 is 23.4 Å². The standard InChI is InChI=1S/C24H27ClF3N3O4S/c1-23(2,3)35-22(34)30-17-13-36-19-16(20(32)29-10-4-9-24(26,27)28)12-31(21(33)18(17)19)11-14-5-7-15(25)8-6-14/h5-8,12,17H,4,9-11,13H2,1-3H3,(H,29,32)(H,30,34)/t17-/m0/s1. The summed E-state index contributed by atoms with van der Waals surface area (Å²) in [6.07, 6.45) is -4.89. The van der Waals surface area contributed by atoms with Gasteiger partial charge in [-0.2, -0.15) is 13.2 Å². The number of nitrogens with zero attached hydrogens (tertiary/aromatic N) is 1. The SMILES string of the molecule is CC(C)(C)OC(=O)N[C@H]1CSc2c(C(=O)NCCCC(F)(F)F)cn(Cc3ccc(Cl)cc3)c(=O)c21. The molecular weight excluding hydrogens is 519 g/mol. The Morgan fingerprint density at radius 3 is 2.47 bits per heavy atom. The first-order chi connectivity index (χ1) is 16.7. The first kappa shape index (κ1) is 27.9. The van der Waals surface area contributed by atoms with Crippen molar-refractivity contribution in [3.8, 4) is 0 Å². The number of thioether (sulfide) groups is 1. The monoisotopic (exact) mass is 545 g/mol. The maximum atomic E-state index is 13.4. The minimum Gasteiger partial charge on any atom is -0.444 e. The molecule has 0 saturated heterocycles. The lowest BCUT2D eigenvalue weighted by Crippen LogP contribution is -2.38. The summed E-state index contributed by atoms with van der Waals surface area (Å²) in [5.41, 5.74) is 0.0118. The Morgan fingerprint density at radius 2 is 1.86 bits per heavy atom. The second kappa shape index (κ2) is 11.2. The zero-order valence-electron chi connectivity index (χ0n) is 20.0. The predicted octanol–water partition coefficient (Wildman–Crippen LogP) is 5.29. The van der Waals surface area contributed by atoms with Crippen LogP contribution in [0.25, 0.3) is 0 Å². The number of pyridine rings is 1. The van der Waals surface area contributed by atoms with Crippen molar-refractivity contribution in [2.24, 2.45) is 0 Å². The fourth-order valence-corrected chi connectivity index (χ4v) is 4.99. The number of hydrogen-bond donors (Lipinski definition) is 2. The van der Waals surface area contributed by atoms with E-state index in [4.69, 9.17) is 16.3 Å². The van der Waals surface area contributed by atoms with Gasteiger partial charge in [-0.1, -0.05) is 23.7 Å². The van der Waals surface area contributed by atoms with E-state index in [0.717, 1.165) is 5.56 Å². The van der Waals surface area contributed by atoms with Gasteiger partial charge in [-0.15, -0.1) is 11.8 Å². The molecule has 2 N–H and O–H groups in total. The molecule has 0 fully saturated rings. The number of nitrogens with one attached hydrogen (secondary N) is 2. The van der Waals surface area contributed by atoms with Gasteiger partial charge in [0.2, 0.25) is 0 Å². The lowest BCUT2D eigenvalue weighted by atomic mass is 10.1. The quantitative estimate of drug-likeness (QED) is 0.461. The Bertz CT molecular complexity index is 1180. The summed E-state index contributed by atoms with van der Waals surface area (Å²) in [5, 5.41) is 5.73. The van der Waals surface area contributed by atoms with Crippen molar-refractivity contribution in [2.45, 2.75) is 62.9 Å². The molecule has 2 heterocycles. The van der Waals surface area contributed by atoms with Crippen molar-refractivity contribution in [1.82, 2.24) is 15.2 Å². The summed E-state index contributed by atoms with van der Waals surface area (Å²) < 4.78 is 44.0.